The lowest BCUT2D eigenvalue weighted by Gasteiger charge is -2.54. The first kappa shape index (κ1) is 20.2. The Labute approximate surface area is 180 Å². The van der Waals surface area contributed by atoms with E-state index >= 15 is 0 Å². The van der Waals surface area contributed by atoms with Gasteiger partial charge in [-0.25, -0.2) is 4.98 Å². The Balaban J connectivity index is 1.20. The lowest BCUT2D eigenvalue weighted by molar-refractivity contribution is -0.265. The third-order valence-corrected chi connectivity index (χ3v) is 7.84. The van der Waals surface area contributed by atoms with Gasteiger partial charge in [-0.2, -0.15) is 5.26 Å². The van der Waals surface area contributed by atoms with E-state index in [1.165, 1.54) is 44.9 Å². The summed E-state index contributed by atoms with van der Waals surface area (Å²) in [4.78, 5) is 9.42. The highest BCUT2D eigenvalue weighted by Crippen LogP contribution is 2.51. The molecular weight excluding hydrogens is 376 g/mol. The van der Waals surface area contributed by atoms with Crippen molar-refractivity contribution < 1.29 is 9.47 Å². The monoisotopic (exact) mass is 410 g/mol. The SMILES string of the molecule is N#Cc1cccc(N2CCN(CC3CC4CCC3(OC3CCCCO3)CC4)CC2)n1. The number of hydrogen-bond donors (Lipinski definition) is 0. The second-order valence-electron chi connectivity index (χ2n) is 9.64. The van der Waals surface area contributed by atoms with Crippen LogP contribution in [0.4, 0.5) is 5.82 Å². The molecule has 6 heteroatoms. The van der Waals surface area contributed by atoms with E-state index in [-0.39, 0.29) is 11.9 Å². The Kier molecular flexibility index (Phi) is 5.95. The van der Waals surface area contributed by atoms with Crippen LogP contribution in [0.5, 0.6) is 0 Å². The smallest absolute Gasteiger partial charge is 0.158 e. The summed E-state index contributed by atoms with van der Waals surface area (Å²) < 4.78 is 12.7. The van der Waals surface area contributed by atoms with Crippen LogP contribution in [-0.4, -0.2) is 61.1 Å². The number of piperazine rings is 1. The molecule has 5 fully saturated rings. The van der Waals surface area contributed by atoms with Gasteiger partial charge in [-0.15, -0.1) is 0 Å². The summed E-state index contributed by atoms with van der Waals surface area (Å²) >= 11 is 0. The average Bonchev–Trinajstić information content (AvgIpc) is 2.81. The molecule has 0 aromatic carbocycles. The number of aromatic nitrogens is 1. The number of nitriles is 1. The highest BCUT2D eigenvalue weighted by molar-refractivity contribution is 5.42. The average molecular weight is 411 g/mol. The largest absolute Gasteiger partial charge is 0.354 e. The molecular formula is C24H34N4O2. The predicted octanol–water partition coefficient (Wildman–Crippen LogP) is 3.57. The normalized spacial score (nSPS) is 34.6. The van der Waals surface area contributed by atoms with E-state index < -0.39 is 0 Å². The van der Waals surface area contributed by atoms with Crippen LogP contribution >= 0.6 is 0 Å². The van der Waals surface area contributed by atoms with Gasteiger partial charge >= 0.3 is 0 Å². The molecule has 3 saturated carbocycles. The molecule has 2 bridgehead atoms. The molecule has 3 heterocycles. The molecule has 0 amide bonds. The number of nitrogens with zero attached hydrogens (tertiary/aromatic N) is 4. The van der Waals surface area contributed by atoms with E-state index in [0.717, 1.165) is 57.5 Å². The van der Waals surface area contributed by atoms with Crippen molar-refractivity contribution in [2.45, 2.75) is 63.3 Å². The standard InChI is InChI=1S/C24H34N4O2/c25-17-21-4-3-5-22(26-21)28-13-11-27(12-14-28)18-20-16-19-7-9-24(20,10-8-19)30-23-6-1-2-15-29-23/h3-5,19-20,23H,1-2,6-16,18H2. The fourth-order valence-electron chi connectivity index (χ4n) is 6.08. The first-order valence-corrected chi connectivity index (χ1v) is 11.9. The van der Waals surface area contributed by atoms with Gasteiger partial charge < -0.3 is 14.4 Å². The zero-order valence-corrected chi connectivity index (χ0v) is 18.0. The van der Waals surface area contributed by atoms with Crippen molar-refractivity contribution >= 4 is 5.82 Å². The second kappa shape index (κ2) is 8.82. The van der Waals surface area contributed by atoms with Crippen LogP contribution in [0.15, 0.2) is 18.2 Å². The second-order valence-corrected chi connectivity index (χ2v) is 9.64. The molecule has 2 unspecified atom stereocenters. The van der Waals surface area contributed by atoms with Crippen molar-refractivity contribution in [1.82, 2.24) is 9.88 Å². The number of ether oxygens (including phenoxy) is 2. The van der Waals surface area contributed by atoms with E-state index in [2.05, 4.69) is 20.9 Å². The minimum atomic E-state index is 0.0197. The van der Waals surface area contributed by atoms with Crippen LogP contribution < -0.4 is 4.90 Å². The van der Waals surface area contributed by atoms with Gasteiger partial charge in [0, 0.05) is 45.2 Å². The van der Waals surface area contributed by atoms with Crippen molar-refractivity contribution in [3.63, 3.8) is 0 Å². The topological polar surface area (TPSA) is 61.6 Å². The molecule has 2 aliphatic heterocycles. The zero-order valence-electron chi connectivity index (χ0n) is 18.0. The van der Waals surface area contributed by atoms with Crippen molar-refractivity contribution in [3.05, 3.63) is 23.9 Å². The molecule has 5 aliphatic rings. The number of anilines is 1. The molecule has 1 aromatic rings. The third-order valence-electron chi connectivity index (χ3n) is 7.84. The molecule has 6 rings (SSSR count). The molecule has 30 heavy (non-hydrogen) atoms. The summed E-state index contributed by atoms with van der Waals surface area (Å²) in [6, 6.07) is 7.87. The summed E-state index contributed by atoms with van der Waals surface area (Å²) in [5.74, 6) is 2.45. The first-order chi connectivity index (χ1) is 14.7. The van der Waals surface area contributed by atoms with Crippen LogP contribution in [0, 0.1) is 23.2 Å². The summed E-state index contributed by atoms with van der Waals surface area (Å²) in [5.41, 5.74) is 0.536. The summed E-state index contributed by atoms with van der Waals surface area (Å²) in [5, 5.41) is 9.12. The first-order valence-electron chi connectivity index (χ1n) is 11.9. The van der Waals surface area contributed by atoms with Crippen LogP contribution in [0.1, 0.15) is 57.1 Å². The molecule has 1 aromatic heterocycles. The van der Waals surface area contributed by atoms with Crippen LogP contribution in [0.2, 0.25) is 0 Å². The van der Waals surface area contributed by atoms with Crippen molar-refractivity contribution in [2.24, 2.45) is 11.8 Å². The lowest BCUT2D eigenvalue weighted by atomic mass is 9.61. The summed E-state index contributed by atoms with van der Waals surface area (Å²) in [7, 11) is 0. The number of pyridine rings is 1. The minimum absolute atomic E-state index is 0.0197. The van der Waals surface area contributed by atoms with E-state index in [1.54, 1.807) is 6.07 Å². The van der Waals surface area contributed by atoms with Gasteiger partial charge in [-0.3, -0.25) is 4.90 Å². The molecule has 162 valence electrons. The predicted molar refractivity (Wildman–Crippen MR) is 115 cm³/mol. The maximum absolute atomic E-state index is 9.12. The van der Waals surface area contributed by atoms with Gasteiger partial charge in [-0.05, 0) is 69.4 Å². The van der Waals surface area contributed by atoms with Gasteiger partial charge in [0.05, 0.1) is 5.60 Å². The third kappa shape index (κ3) is 4.21. The van der Waals surface area contributed by atoms with E-state index in [9.17, 15) is 0 Å². The molecule has 0 spiro atoms. The molecule has 2 saturated heterocycles. The lowest BCUT2D eigenvalue weighted by Crippen LogP contribution is -2.57. The molecule has 2 atom stereocenters. The fraction of sp³-hybridized carbons (Fsp3) is 0.750. The number of hydrogen-bond acceptors (Lipinski definition) is 6. The Morgan fingerprint density at radius 3 is 2.70 bits per heavy atom. The van der Waals surface area contributed by atoms with Crippen LogP contribution in [0.25, 0.3) is 0 Å². The molecule has 0 radical (unpaired) electrons. The van der Waals surface area contributed by atoms with Gasteiger partial charge in [0.1, 0.15) is 17.6 Å². The fourth-order valence-corrected chi connectivity index (χ4v) is 6.08. The van der Waals surface area contributed by atoms with Crippen molar-refractivity contribution in [1.29, 1.82) is 5.26 Å². The molecule has 3 aliphatic carbocycles. The van der Waals surface area contributed by atoms with Crippen molar-refractivity contribution in [3.8, 4) is 6.07 Å². The van der Waals surface area contributed by atoms with Gasteiger partial charge in [0.25, 0.3) is 0 Å². The Bertz CT molecular complexity index is 757. The number of fused-ring (bicyclic) bond motifs is 3. The van der Waals surface area contributed by atoms with E-state index in [1.807, 2.05) is 12.1 Å². The van der Waals surface area contributed by atoms with E-state index in [4.69, 9.17) is 14.7 Å². The minimum Gasteiger partial charge on any atom is -0.354 e. The van der Waals surface area contributed by atoms with Crippen molar-refractivity contribution in [2.75, 3.05) is 44.2 Å². The summed E-state index contributed by atoms with van der Waals surface area (Å²) in [6.07, 6.45) is 9.90. The van der Waals surface area contributed by atoms with E-state index in [0.29, 0.717) is 11.6 Å². The summed E-state index contributed by atoms with van der Waals surface area (Å²) in [6.45, 7) is 6.04. The Morgan fingerprint density at radius 2 is 1.97 bits per heavy atom. The van der Waals surface area contributed by atoms with Gasteiger partial charge in [0.15, 0.2) is 6.29 Å². The van der Waals surface area contributed by atoms with Crippen LogP contribution in [0.3, 0.4) is 0 Å². The zero-order chi connectivity index (χ0) is 20.4. The molecule has 0 N–H and O–H groups in total. The highest BCUT2D eigenvalue weighted by atomic mass is 16.7. The maximum atomic E-state index is 9.12. The Hall–Kier alpha value is -1.68. The molecule has 6 nitrogen and oxygen atoms in total. The van der Waals surface area contributed by atoms with Crippen LogP contribution in [-0.2, 0) is 9.47 Å². The maximum Gasteiger partial charge on any atom is 0.158 e. The Morgan fingerprint density at radius 1 is 1.13 bits per heavy atom. The van der Waals surface area contributed by atoms with Gasteiger partial charge in [0.2, 0.25) is 0 Å². The van der Waals surface area contributed by atoms with Gasteiger partial charge in [-0.1, -0.05) is 6.07 Å². The quantitative estimate of drug-likeness (QED) is 0.740. The highest BCUT2D eigenvalue weighted by Gasteiger charge is 2.50. The number of rotatable bonds is 5.